The van der Waals surface area contributed by atoms with E-state index in [1.165, 1.54) is 17.0 Å². The number of benzene rings is 1. The van der Waals surface area contributed by atoms with Gasteiger partial charge in [0.2, 0.25) is 5.95 Å². The van der Waals surface area contributed by atoms with E-state index in [1.807, 2.05) is 0 Å². The molecular formula is C18H17ClF3N7O4. The van der Waals surface area contributed by atoms with Crippen molar-refractivity contribution in [3.63, 3.8) is 0 Å². The summed E-state index contributed by atoms with van der Waals surface area (Å²) < 4.78 is 45.8. The van der Waals surface area contributed by atoms with E-state index in [0.29, 0.717) is 0 Å². The number of aromatic nitrogens is 4. The van der Waals surface area contributed by atoms with Gasteiger partial charge in [-0.25, -0.2) is 10.4 Å². The molecule has 1 fully saturated rings. The summed E-state index contributed by atoms with van der Waals surface area (Å²) in [6.45, 7) is -0.513. The zero-order valence-corrected chi connectivity index (χ0v) is 17.2. The van der Waals surface area contributed by atoms with Crippen LogP contribution in [0.25, 0.3) is 11.2 Å². The summed E-state index contributed by atoms with van der Waals surface area (Å²) in [6.07, 6.45) is -7.07. The summed E-state index contributed by atoms with van der Waals surface area (Å²) in [5.74, 6) is -0.163. The van der Waals surface area contributed by atoms with Crippen LogP contribution in [-0.4, -0.2) is 66.0 Å². The van der Waals surface area contributed by atoms with Gasteiger partial charge in [0.25, 0.3) is 0 Å². The Morgan fingerprint density at radius 2 is 2.03 bits per heavy atom. The molecule has 33 heavy (non-hydrogen) atoms. The van der Waals surface area contributed by atoms with E-state index in [9.17, 15) is 28.5 Å². The Morgan fingerprint density at radius 3 is 2.70 bits per heavy atom. The second-order valence-corrected chi connectivity index (χ2v) is 7.50. The second-order valence-electron chi connectivity index (χ2n) is 7.09. The molecule has 3 heterocycles. The van der Waals surface area contributed by atoms with E-state index in [0.717, 1.165) is 18.3 Å². The van der Waals surface area contributed by atoms with Crippen LogP contribution in [0.4, 0.5) is 24.9 Å². The summed E-state index contributed by atoms with van der Waals surface area (Å²) in [5, 5.41) is 32.9. The van der Waals surface area contributed by atoms with Crippen LogP contribution in [-0.2, 0) is 10.9 Å². The SMILES string of the molecule is Nc1nc(N/N=C/c2ccc(Cl)c(C(F)(F)F)c2)nc2c1ncn2[C@@H]1O[C@H](CO)[C@@H](O)[C@H]1O. The Balaban J connectivity index is 1.59. The predicted molar refractivity (Wildman–Crippen MR) is 110 cm³/mol. The number of alkyl halides is 3. The lowest BCUT2D eigenvalue weighted by molar-refractivity contribution is -0.137. The van der Waals surface area contributed by atoms with Gasteiger partial charge in [-0.2, -0.15) is 28.2 Å². The van der Waals surface area contributed by atoms with Crippen LogP contribution in [0.2, 0.25) is 5.02 Å². The first-order chi connectivity index (χ1) is 15.6. The van der Waals surface area contributed by atoms with Crippen molar-refractivity contribution in [2.45, 2.75) is 30.7 Å². The number of nitrogens with one attached hydrogen (secondary N) is 1. The molecular weight excluding hydrogens is 471 g/mol. The standard InChI is InChI=1S/C18H17ClF3N7O4/c19-9-2-1-7(3-8(9)18(20,21)22)4-25-28-17-26-14(23)11-15(27-17)29(6-24-11)16-13(32)12(31)10(5-30)33-16/h1-4,6,10,12-13,16,30-32H,5H2,(H3,23,26,27,28)/b25-4+/t10-,12-,13-,16-/m1/s1. The maximum absolute atomic E-state index is 13.0. The van der Waals surface area contributed by atoms with Gasteiger partial charge in [-0.3, -0.25) is 4.57 Å². The van der Waals surface area contributed by atoms with Crippen molar-refractivity contribution in [2.24, 2.45) is 5.10 Å². The van der Waals surface area contributed by atoms with Crippen molar-refractivity contribution >= 4 is 40.7 Å². The number of fused-ring (bicyclic) bond motifs is 1. The fourth-order valence-corrected chi connectivity index (χ4v) is 3.51. The number of rotatable bonds is 5. The number of aliphatic hydroxyl groups excluding tert-OH is 3. The van der Waals surface area contributed by atoms with Crippen molar-refractivity contribution in [1.29, 1.82) is 0 Å². The molecule has 0 spiro atoms. The Kier molecular flexibility index (Phi) is 6.11. The summed E-state index contributed by atoms with van der Waals surface area (Å²) in [5.41, 5.74) is 7.78. The van der Waals surface area contributed by atoms with Crippen LogP contribution in [0.3, 0.4) is 0 Å². The molecule has 1 aliphatic heterocycles. The lowest BCUT2D eigenvalue weighted by Gasteiger charge is -2.16. The third-order valence-corrected chi connectivity index (χ3v) is 5.24. The molecule has 2 aromatic heterocycles. The predicted octanol–water partition coefficient (Wildman–Crippen LogP) is 1.14. The Morgan fingerprint density at radius 1 is 1.27 bits per heavy atom. The number of nitrogens with zero attached hydrogens (tertiary/aromatic N) is 5. The zero-order chi connectivity index (χ0) is 23.9. The van der Waals surface area contributed by atoms with Gasteiger partial charge in [-0.05, 0) is 17.7 Å². The molecule has 1 aromatic carbocycles. The smallest absolute Gasteiger partial charge is 0.394 e. The Labute approximate surface area is 188 Å². The third-order valence-electron chi connectivity index (χ3n) is 4.91. The summed E-state index contributed by atoms with van der Waals surface area (Å²) in [4.78, 5) is 12.3. The number of hydrogen-bond donors (Lipinski definition) is 5. The van der Waals surface area contributed by atoms with Crippen LogP contribution in [0, 0.1) is 0 Å². The Hall–Kier alpha value is -3.04. The topological polar surface area (TPSA) is 164 Å². The average Bonchev–Trinajstić information content (AvgIpc) is 3.30. The maximum atomic E-state index is 13.0. The van der Waals surface area contributed by atoms with Gasteiger partial charge in [0.05, 0.1) is 29.7 Å². The van der Waals surface area contributed by atoms with Gasteiger partial charge in [-0.15, -0.1) is 0 Å². The molecule has 15 heteroatoms. The van der Waals surface area contributed by atoms with E-state index in [4.69, 9.17) is 22.1 Å². The first kappa shape index (κ1) is 23.1. The van der Waals surface area contributed by atoms with E-state index >= 15 is 0 Å². The number of hydrogen-bond acceptors (Lipinski definition) is 10. The maximum Gasteiger partial charge on any atom is 0.417 e. The second kappa shape index (κ2) is 8.72. The highest BCUT2D eigenvalue weighted by Gasteiger charge is 2.44. The van der Waals surface area contributed by atoms with E-state index in [-0.39, 0.29) is 28.5 Å². The molecule has 1 saturated heterocycles. The highest BCUT2D eigenvalue weighted by atomic mass is 35.5. The summed E-state index contributed by atoms with van der Waals surface area (Å²) >= 11 is 5.60. The quantitative estimate of drug-likeness (QED) is 0.262. The zero-order valence-electron chi connectivity index (χ0n) is 16.5. The van der Waals surface area contributed by atoms with Crippen LogP contribution in [0.15, 0.2) is 29.6 Å². The molecule has 0 amide bonds. The molecule has 0 unspecified atom stereocenters. The van der Waals surface area contributed by atoms with Crippen molar-refractivity contribution in [1.82, 2.24) is 19.5 Å². The van der Waals surface area contributed by atoms with Crippen LogP contribution >= 0.6 is 11.6 Å². The fourth-order valence-electron chi connectivity index (χ4n) is 3.29. The number of nitrogens with two attached hydrogens (primary N) is 1. The van der Waals surface area contributed by atoms with Gasteiger partial charge >= 0.3 is 6.18 Å². The normalized spacial score (nSPS) is 23.6. The molecule has 0 saturated carbocycles. The Bertz CT molecular complexity index is 1210. The molecule has 3 aromatic rings. The van der Waals surface area contributed by atoms with Gasteiger partial charge < -0.3 is 25.8 Å². The van der Waals surface area contributed by atoms with Crippen molar-refractivity contribution < 1.29 is 33.2 Å². The van der Waals surface area contributed by atoms with Crippen molar-refractivity contribution in [3.05, 3.63) is 40.7 Å². The number of nitrogen functional groups attached to an aromatic ring is 1. The number of halogens is 4. The van der Waals surface area contributed by atoms with E-state index in [1.54, 1.807) is 0 Å². The molecule has 0 bridgehead atoms. The largest absolute Gasteiger partial charge is 0.417 e. The van der Waals surface area contributed by atoms with Crippen LogP contribution in [0.5, 0.6) is 0 Å². The lowest BCUT2D eigenvalue weighted by Crippen LogP contribution is -2.33. The monoisotopic (exact) mass is 487 g/mol. The van der Waals surface area contributed by atoms with E-state index < -0.39 is 47.9 Å². The van der Waals surface area contributed by atoms with Crippen molar-refractivity contribution in [3.8, 4) is 0 Å². The highest BCUT2D eigenvalue weighted by molar-refractivity contribution is 6.31. The molecule has 4 atom stereocenters. The fraction of sp³-hybridized carbons (Fsp3) is 0.333. The van der Waals surface area contributed by atoms with Gasteiger partial charge in [0, 0.05) is 0 Å². The molecule has 0 aliphatic carbocycles. The molecule has 4 rings (SSSR count). The van der Waals surface area contributed by atoms with Crippen LogP contribution < -0.4 is 11.2 Å². The van der Waals surface area contributed by atoms with E-state index in [2.05, 4.69) is 25.5 Å². The molecule has 0 radical (unpaired) electrons. The van der Waals surface area contributed by atoms with Crippen LogP contribution in [0.1, 0.15) is 17.4 Å². The highest BCUT2D eigenvalue weighted by Crippen LogP contribution is 2.35. The molecule has 6 N–H and O–H groups in total. The first-order valence-electron chi connectivity index (χ1n) is 9.38. The number of anilines is 2. The third kappa shape index (κ3) is 4.43. The minimum absolute atomic E-state index is 0.0472. The van der Waals surface area contributed by atoms with Gasteiger partial charge in [0.15, 0.2) is 17.7 Å². The van der Waals surface area contributed by atoms with Gasteiger partial charge in [0.1, 0.15) is 23.8 Å². The summed E-state index contributed by atoms with van der Waals surface area (Å²) in [6, 6.07) is 3.28. The number of hydrazone groups is 1. The number of ether oxygens (including phenoxy) is 1. The number of imidazole rings is 1. The molecule has 176 valence electrons. The van der Waals surface area contributed by atoms with Crippen molar-refractivity contribution in [2.75, 3.05) is 17.8 Å². The lowest BCUT2D eigenvalue weighted by atomic mass is 10.1. The number of aliphatic hydroxyl groups is 3. The minimum atomic E-state index is -4.62. The first-order valence-corrected chi connectivity index (χ1v) is 9.76. The minimum Gasteiger partial charge on any atom is -0.394 e. The average molecular weight is 488 g/mol. The molecule has 11 nitrogen and oxygen atoms in total. The van der Waals surface area contributed by atoms with Gasteiger partial charge in [-0.1, -0.05) is 17.7 Å². The summed E-state index contributed by atoms with van der Waals surface area (Å²) in [7, 11) is 0. The molecule has 1 aliphatic rings.